The topological polar surface area (TPSA) is 26.0 Å². The van der Waals surface area contributed by atoms with Gasteiger partial charge in [-0.2, -0.15) is 5.10 Å². The largest absolute Gasteiger partial charge is 0.303 e. The highest BCUT2D eigenvalue weighted by Crippen LogP contribution is 2.23. The average molecular weight is 411 g/mol. The van der Waals surface area contributed by atoms with Crippen LogP contribution in [0.15, 0.2) is 42.5 Å². The van der Waals surface area contributed by atoms with Crippen LogP contribution in [0.5, 0.6) is 0 Å². The van der Waals surface area contributed by atoms with Gasteiger partial charge in [0, 0.05) is 19.2 Å². The standard InChI is InChI=1S/C18H17Cl2FN4S/c1-23(10-12-3-8-15(19)16(20)9-12)11-25-18(26)24(2)17(22-25)13-4-6-14(21)7-5-13/h3-9H,10-11H2,1-2H3. The van der Waals surface area contributed by atoms with E-state index in [1.165, 1.54) is 12.1 Å². The quantitative estimate of drug-likeness (QED) is 0.543. The van der Waals surface area contributed by atoms with E-state index in [2.05, 4.69) is 10.00 Å². The Kier molecular flexibility index (Phi) is 5.77. The van der Waals surface area contributed by atoms with E-state index in [4.69, 9.17) is 35.4 Å². The smallest absolute Gasteiger partial charge is 0.199 e. The van der Waals surface area contributed by atoms with Crippen molar-refractivity contribution in [3.05, 3.63) is 68.7 Å². The van der Waals surface area contributed by atoms with Crippen LogP contribution in [-0.4, -0.2) is 26.3 Å². The molecule has 1 heterocycles. The molecule has 0 bridgehead atoms. The van der Waals surface area contributed by atoms with Crippen LogP contribution in [0.3, 0.4) is 0 Å². The summed E-state index contributed by atoms with van der Waals surface area (Å²) in [7, 11) is 3.82. The Labute approximate surface area is 166 Å². The second kappa shape index (κ2) is 7.88. The summed E-state index contributed by atoms with van der Waals surface area (Å²) in [6.07, 6.45) is 0. The summed E-state index contributed by atoms with van der Waals surface area (Å²) < 4.78 is 17.3. The molecule has 0 unspecified atom stereocenters. The summed E-state index contributed by atoms with van der Waals surface area (Å²) in [5.41, 5.74) is 1.86. The maximum Gasteiger partial charge on any atom is 0.199 e. The molecular formula is C18H17Cl2FN4S. The predicted octanol–water partition coefficient (Wildman–Crippen LogP) is 5.15. The molecule has 8 heteroatoms. The van der Waals surface area contributed by atoms with Gasteiger partial charge in [0.15, 0.2) is 10.6 Å². The fourth-order valence-electron chi connectivity index (χ4n) is 2.66. The van der Waals surface area contributed by atoms with Crippen LogP contribution in [0.4, 0.5) is 4.39 Å². The minimum Gasteiger partial charge on any atom is -0.303 e. The number of hydrogen-bond acceptors (Lipinski definition) is 3. The van der Waals surface area contributed by atoms with E-state index in [0.717, 1.165) is 11.1 Å². The highest BCUT2D eigenvalue weighted by atomic mass is 35.5. The van der Waals surface area contributed by atoms with Crippen LogP contribution in [0.2, 0.25) is 10.0 Å². The zero-order chi connectivity index (χ0) is 18.8. The molecule has 0 N–H and O–H groups in total. The third-order valence-electron chi connectivity index (χ3n) is 3.96. The first kappa shape index (κ1) is 19.0. The van der Waals surface area contributed by atoms with Gasteiger partial charge in [0.25, 0.3) is 0 Å². The van der Waals surface area contributed by atoms with Crippen molar-refractivity contribution in [2.75, 3.05) is 7.05 Å². The summed E-state index contributed by atoms with van der Waals surface area (Å²) in [4.78, 5) is 2.07. The van der Waals surface area contributed by atoms with Crippen molar-refractivity contribution in [1.29, 1.82) is 0 Å². The molecule has 0 aliphatic rings. The number of hydrogen-bond donors (Lipinski definition) is 0. The van der Waals surface area contributed by atoms with Crippen molar-refractivity contribution in [2.45, 2.75) is 13.2 Å². The molecule has 1 aromatic heterocycles. The lowest BCUT2D eigenvalue weighted by Crippen LogP contribution is -2.22. The molecule has 0 aliphatic carbocycles. The van der Waals surface area contributed by atoms with Crippen molar-refractivity contribution in [3.63, 3.8) is 0 Å². The monoisotopic (exact) mass is 410 g/mol. The van der Waals surface area contributed by atoms with E-state index in [1.54, 1.807) is 22.9 Å². The lowest BCUT2D eigenvalue weighted by molar-refractivity contribution is 0.244. The number of nitrogens with zero attached hydrogens (tertiary/aromatic N) is 4. The summed E-state index contributed by atoms with van der Waals surface area (Å²) in [6, 6.07) is 11.8. The van der Waals surface area contributed by atoms with Crippen molar-refractivity contribution < 1.29 is 4.39 Å². The zero-order valence-corrected chi connectivity index (χ0v) is 16.6. The van der Waals surface area contributed by atoms with Gasteiger partial charge in [-0.1, -0.05) is 29.3 Å². The normalized spacial score (nSPS) is 11.3. The summed E-state index contributed by atoms with van der Waals surface area (Å²) in [5, 5.41) is 5.66. The van der Waals surface area contributed by atoms with E-state index in [1.807, 2.05) is 30.8 Å². The Hall–Kier alpha value is -1.73. The first-order chi connectivity index (χ1) is 12.3. The molecule has 0 amide bonds. The van der Waals surface area contributed by atoms with E-state index in [9.17, 15) is 4.39 Å². The summed E-state index contributed by atoms with van der Waals surface area (Å²) in [6.45, 7) is 1.18. The summed E-state index contributed by atoms with van der Waals surface area (Å²) >= 11 is 17.5. The maximum atomic E-state index is 13.1. The summed E-state index contributed by atoms with van der Waals surface area (Å²) in [5.74, 6) is 0.411. The van der Waals surface area contributed by atoms with Crippen LogP contribution in [0.25, 0.3) is 11.4 Å². The first-order valence-corrected chi connectivity index (χ1v) is 9.04. The number of halogens is 3. The SMILES string of the molecule is CN(Cc1ccc(Cl)c(Cl)c1)Cn1nc(-c2ccc(F)cc2)n(C)c1=S. The minimum absolute atomic E-state index is 0.282. The number of aromatic nitrogens is 3. The van der Waals surface area contributed by atoms with E-state index < -0.39 is 0 Å². The molecular weight excluding hydrogens is 394 g/mol. The molecule has 0 saturated carbocycles. The third kappa shape index (κ3) is 4.15. The molecule has 0 fully saturated rings. The molecule has 3 rings (SSSR count). The van der Waals surface area contributed by atoms with Gasteiger partial charge in [-0.3, -0.25) is 4.90 Å². The Morgan fingerprint density at radius 3 is 2.46 bits per heavy atom. The molecule has 0 aliphatic heterocycles. The molecule has 136 valence electrons. The molecule has 0 saturated heterocycles. The van der Waals surface area contributed by atoms with E-state index >= 15 is 0 Å². The van der Waals surface area contributed by atoms with Gasteiger partial charge in [-0.15, -0.1) is 0 Å². The molecule has 2 aromatic carbocycles. The minimum atomic E-state index is -0.282. The van der Waals surface area contributed by atoms with Crippen LogP contribution in [-0.2, 0) is 20.3 Å². The number of rotatable bonds is 5. The molecule has 3 aromatic rings. The Balaban J connectivity index is 1.79. The Bertz CT molecular complexity index is 982. The van der Waals surface area contributed by atoms with Crippen molar-refractivity contribution in [2.24, 2.45) is 7.05 Å². The van der Waals surface area contributed by atoms with Gasteiger partial charge in [0.2, 0.25) is 0 Å². The van der Waals surface area contributed by atoms with Gasteiger partial charge in [-0.25, -0.2) is 9.07 Å². The molecule has 4 nitrogen and oxygen atoms in total. The second-order valence-corrected chi connectivity index (χ2v) is 7.26. The van der Waals surface area contributed by atoms with E-state index in [-0.39, 0.29) is 5.82 Å². The highest BCUT2D eigenvalue weighted by Gasteiger charge is 2.12. The van der Waals surface area contributed by atoms with Gasteiger partial charge in [0.1, 0.15) is 5.82 Å². The third-order valence-corrected chi connectivity index (χ3v) is 5.18. The average Bonchev–Trinajstić information content (AvgIpc) is 2.87. The molecule has 26 heavy (non-hydrogen) atoms. The maximum absolute atomic E-state index is 13.1. The van der Waals surface area contributed by atoms with Crippen LogP contribution < -0.4 is 0 Å². The lowest BCUT2D eigenvalue weighted by atomic mass is 10.2. The van der Waals surface area contributed by atoms with Crippen molar-refractivity contribution in [1.82, 2.24) is 19.2 Å². The highest BCUT2D eigenvalue weighted by molar-refractivity contribution is 7.71. The van der Waals surface area contributed by atoms with Gasteiger partial charge < -0.3 is 4.57 Å². The van der Waals surface area contributed by atoms with Gasteiger partial charge >= 0.3 is 0 Å². The first-order valence-electron chi connectivity index (χ1n) is 7.87. The Morgan fingerprint density at radius 1 is 1.12 bits per heavy atom. The van der Waals surface area contributed by atoms with Crippen LogP contribution >= 0.6 is 35.4 Å². The molecule has 0 spiro atoms. The predicted molar refractivity (Wildman–Crippen MR) is 105 cm³/mol. The Morgan fingerprint density at radius 2 is 1.81 bits per heavy atom. The van der Waals surface area contributed by atoms with Crippen molar-refractivity contribution >= 4 is 35.4 Å². The van der Waals surface area contributed by atoms with E-state index in [0.29, 0.717) is 33.9 Å². The van der Waals surface area contributed by atoms with Gasteiger partial charge in [0.05, 0.1) is 16.7 Å². The zero-order valence-electron chi connectivity index (χ0n) is 14.3. The molecule has 0 radical (unpaired) electrons. The number of benzene rings is 2. The fraction of sp³-hybridized carbons (Fsp3) is 0.222. The molecule has 0 atom stereocenters. The van der Waals surface area contributed by atoms with Crippen molar-refractivity contribution in [3.8, 4) is 11.4 Å². The second-order valence-electron chi connectivity index (χ2n) is 6.08. The lowest BCUT2D eigenvalue weighted by Gasteiger charge is -2.16. The fourth-order valence-corrected chi connectivity index (χ4v) is 3.16. The van der Waals surface area contributed by atoms with Gasteiger partial charge in [-0.05, 0) is 61.2 Å². The van der Waals surface area contributed by atoms with Crippen LogP contribution in [0.1, 0.15) is 5.56 Å². The van der Waals surface area contributed by atoms with Crippen LogP contribution in [0, 0.1) is 10.6 Å².